The maximum absolute atomic E-state index is 12.1. The molecule has 9 heteroatoms. The number of hydrogen-bond acceptors (Lipinski definition) is 5. The maximum atomic E-state index is 12.1. The van der Waals surface area contributed by atoms with Crippen molar-refractivity contribution >= 4 is 52.5 Å². The molecule has 0 aliphatic carbocycles. The Morgan fingerprint density at radius 3 is 2.28 bits per heavy atom. The minimum atomic E-state index is -1.09. The van der Waals surface area contributed by atoms with Crippen LogP contribution in [-0.2, 0) is 14.3 Å². The van der Waals surface area contributed by atoms with Gasteiger partial charge in [-0.2, -0.15) is 0 Å². The summed E-state index contributed by atoms with van der Waals surface area (Å²) in [6, 6.07) is 10.6. The smallest absolute Gasteiger partial charge is 0.326 e. The van der Waals surface area contributed by atoms with E-state index in [0.717, 1.165) is 0 Å². The van der Waals surface area contributed by atoms with Crippen molar-refractivity contribution in [2.45, 2.75) is 20.0 Å². The second-order valence-corrected chi connectivity index (χ2v) is 6.91. The van der Waals surface area contributed by atoms with Gasteiger partial charge in [-0.25, -0.2) is 0 Å². The molecule has 152 valence electrons. The summed E-state index contributed by atoms with van der Waals surface area (Å²) >= 11 is 11.7. The zero-order chi connectivity index (χ0) is 21.6. The first-order chi connectivity index (χ1) is 13.7. The van der Waals surface area contributed by atoms with Gasteiger partial charge >= 0.3 is 5.97 Å². The molecule has 2 amide bonds. The van der Waals surface area contributed by atoms with E-state index in [2.05, 4.69) is 10.6 Å². The largest absolute Gasteiger partial charge is 0.451 e. The van der Waals surface area contributed by atoms with Gasteiger partial charge in [0.1, 0.15) is 6.54 Å². The first-order valence-corrected chi connectivity index (χ1v) is 9.27. The van der Waals surface area contributed by atoms with Gasteiger partial charge < -0.3 is 15.4 Å². The van der Waals surface area contributed by atoms with E-state index in [1.54, 1.807) is 24.3 Å². The van der Waals surface area contributed by atoms with Crippen LogP contribution in [0.15, 0.2) is 42.5 Å². The zero-order valence-electron chi connectivity index (χ0n) is 15.6. The van der Waals surface area contributed by atoms with Crippen molar-refractivity contribution in [2.24, 2.45) is 0 Å². The summed E-state index contributed by atoms with van der Waals surface area (Å²) in [6.07, 6.45) is -1.09. The van der Waals surface area contributed by atoms with Crippen LogP contribution in [0.2, 0.25) is 10.0 Å². The van der Waals surface area contributed by atoms with E-state index < -0.39 is 30.4 Å². The molecule has 0 unspecified atom stereocenters. The molecule has 0 spiro atoms. The highest BCUT2D eigenvalue weighted by Gasteiger charge is 2.19. The number of Topliss-reactive ketones (excluding diaryl/α,β-unsaturated/α-hetero) is 1. The predicted octanol–water partition coefficient (Wildman–Crippen LogP) is 3.50. The van der Waals surface area contributed by atoms with E-state index in [1.165, 1.54) is 32.0 Å². The van der Waals surface area contributed by atoms with Crippen LogP contribution in [0.1, 0.15) is 34.6 Å². The molecular formula is C20H18Cl2N2O5. The van der Waals surface area contributed by atoms with Gasteiger partial charge in [-0.05, 0) is 56.3 Å². The molecule has 0 fully saturated rings. The lowest BCUT2D eigenvalue weighted by Gasteiger charge is -2.14. The number of nitrogens with one attached hydrogen (secondary N) is 2. The zero-order valence-corrected chi connectivity index (χ0v) is 17.1. The number of halogens is 2. The number of esters is 1. The quantitative estimate of drug-likeness (QED) is 0.510. The first-order valence-electron chi connectivity index (χ1n) is 8.52. The molecule has 1 atom stereocenters. The second kappa shape index (κ2) is 10.0. The van der Waals surface area contributed by atoms with Gasteiger partial charge in [-0.1, -0.05) is 23.2 Å². The number of ether oxygens (including phenoxy) is 1. The van der Waals surface area contributed by atoms with E-state index in [4.69, 9.17) is 27.9 Å². The van der Waals surface area contributed by atoms with Crippen molar-refractivity contribution in [1.29, 1.82) is 0 Å². The number of rotatable bonds is 7. The monoisotopic (exact) mass is 436 g/mol. The molecule has 0 aliphatic heterocycles. The number of ketones is 1. The highest BCUT2D eigenvalue weighted by Crippen LogP contribution is 2.20. The number of carbonyl (C=O) groups is 4. The Bertz CT molecular complexity index is 944. The Kier molecular flexibility index (Phi) is 7.75. The minimum Gasteiger partial charge on any atom is -0.451 e. The highest BCUT2D eigenvalue weighted by atomic mass is 35.5. The molecule has 0 aromatic heterocycles. The lowest BCUT2D eigenvalue weighted by atomic mass is 10.1. The van der Waals surface area contributed by atoms with Gasteiger partial charge in [0, 0.05) is 16.3 Å². The Morgan fingerprint density at radius 1 is 1.03 bits per heavy atom. The molecule has 0 aliphatic rings. The Balaban J connectivity index is 1.83. The van der Waals surface area contributed by atoms with Gasteiger partial charge in [0.25, 0.3) is 11.8 Å². The summed E-state index contributed by atoms with van der Waals surface area (Å²) in [4.78, 5) is 47.3. The van der Waals surface area contributed by atoms with Crippen molar-refractivity contribution in [3.05, 3.63) is 63.6 Å². The summed E-state index contributed by atoms with van der Waals surface area (Å²) in [5.74, 6) is -2.02. The van der Waals surface area contributed by atoms with Crippen LogP contribution in [0.3, 0.4) is 0 Å². The van der Waals surface area contributed by atoms with E-state index in [1.807, 2.05) is 0 Å². The molecule has 2 aromatic carbocycles. The Labute approximate surface area is 177 Å². The third-order valence-corrected chi connectivity index (χ3v) is 4.35. The molecule has 0 saturated carbocycles. The van der Waals surface area contributed by atoms with Crippen LogP contribution in [0, 0.1) is 0 Å². The third kappa shape index (κ3) is 6.58. The molecule has 0 radical (unpaired) electrons. The van der Waals surface area contributed by atoms with Crippen LogP contribution in [0.4, 0.5) is 5.69 Å². The molecule has 0 saturated heterocycles. The normalized spacial score (nSPS) is 11.3. The average molecular weight is 437 g/mol. The number of amides is 2. The summed E-state index contributed by atoms with van der Waals surface area (Å²) in [5, 5.41) is 5.46. The van der Waals surface area contributed by atoms with Crippen LogP contribution in [-0.4, -0.2) is 36.2 Å². The third-order valence-electron chi connectivity index (χ3n) is 3.81. The van der Waals surface area contributed by atoms with E-state index >= 15 is 0 Å². The number of benzene rings is 2. The number of carbonyl (C=O) groups excluding carboxylic acids is 4. The van der Waals surface area contributed by atoms with Gasteiger partial charge in [0.2, 0.25) is 0 Å². The lowest BCUT2D eigenvalue weighted by molar-refractivity contribution is -0.152. The topological polar surface area (TPSA) is 102 Å². The fourth-order valence-electron chi connectivity index (χ4n) is 2.25. The van der Waals surface area contributed by atoms with Gasteiger partial charge in [-0.15, -0.1) is 0 Å². The SMILES string of the molecule is CC(=O)c1ccc(NC(=O)[C@H](C)OC(=O)CNC(=O)c2ccc(Cl)cc2Cl)cc1. The maximum Gasteiger partial charge on any atom is 0.326 e. The first kappa shape index (κ1) is 22.4. The Hall–Kier alpha value is -2.90. The van der Waals surface area contributed by atoms with Crippen molar-refractivity contribution in [2.75, 3.05) is 11.9 Å². The van der Waals surface area contributed by atoms with Crippen molar-refractivity contribution in [3.63, 3.8) is 0 Å². The van der Waals surface area contributed by atoms with Crippen molar-refractivity contribution < 1.29 is 23.9 Å². The van der Waals surface area contributed by atoms with Gasteiger partial charge in [0.05, 0.1) is 10.6 Å². The minimum absolute atomic E-state index is 0.0906. The molecule has 7 nitrogen and oxygen atoms in total. The molecule has 29 heavy (non-hydrogen) atoms. The molecule has 0 bridgehead atoms. The molecule has 2 aromatic rings. The summed E-state index contributed by atoms with van der Waals surface area (Å²) in [6.45, 7) is 2.40. The van der Waals surface area contributed by atoms with Crippen molar-refractivity contribution in [3.8, 4) is 0 Å². The fourth-order valence-corrected chi connectivity index (χ4v) is 2.74. The molecular weight excluding hydrogens is 419 g/mol. The predicted molar refractivity (Wildman–Crippen MR) is 109 cm³/mol. The van der Waals surface area contributed by atoms with E-state index in [-0.39, 0.29) is 16.4 Å². The number of anilines is 1. The average Bonchev–Trinajstić information content (AvgIpc) is 2.66. The fraction of sp³-hybridized carbons (Fsp3) is 0.200. The van der Waals surface area contributed by atoms with E-state index in [9.17, 15) is 19.2 Å². The molecule has 2 N–H and O–H groups in total. The van der Waals surface area contributed by atoms with Gasteiger partial charge in [0.15, 0.2) is 11.9 Å². The van der Waals surface area contributed by atoms with Crippen LogP contribution < -0.4 is 10.6 Å². The Morgan fingerprint density at radius 2 is 1.69 bits per heavy atom. The van der Waals surface area contributed by atoms with Crippen LogP contribution in [0.25, 0.3) is 0 Å². The summed E-state index contributed by atoms with van der Waals surface area (Å²) in [7, 11) is 0. The highest BCUT2D eigenvalue weighted by molar-refractivity contribution is 6.36. The van der Waals surface area contributed by atoms with Crippen LogP contribution >= 0.6 is 23.2 Å². The van der Waals surface area contributed by atoms with Crippen molar-refractivity contribution in [1.82, 2.24) is 5.32 Å². The lowest BCUT2D eigenvalue weighted by Crippen LogP contribution is -2.35. The molecule has 0 heterocycles. The van der Waals surface area contributed by atoms with Gasteiger partial charge in [-0.3, -0.25) is 19.2 Å². The summed E-state index contributed by atoms with van der Waals surface area (Å²) in [5.41, 5.74) is 1.12. The second-order valence-electron chi connectivity index (χ2n) is 6.06. The van der Waals surface area contributed by atoms with E-state index in [0.29, 0.717) is 16.3 Å². The summed E-state index contributed by atoms with van der Waals surface area (Å²) < 4.78 is 5.01. The standard InChI is InChI=1S/C20H18Cl2N2O5/c1-11(25)13-3-6-15(7-4-13)24-19(27)12(2)29-18(26)10-23-20(28)16-8-5-14(21)9-17(16)22/h3-9,12H,10H2,1-2H3,(H,23,28)(H,24,27)/t12-/m0/s1. The molecule has 2 rings (SSSR count). The number of hydrogen-bond donors (Lipinski definition) is 2. The van der Waals surface area contributed by atoms with Crippen LogP contribution in [0.5, 0.6) is 0 Å².